The van der Waals surface area contributed by atoms with Crippen LogP contribution in [0.25, 0.3) is 10.9 Å². The van der Waals surface area contributed by atoms with Crippen molar-refractivity contribution < 1.29 is 0 Å². The molecule has 0 fully saturated rings. The average Bonchev–Trinajstić information content (AvgIpc) is 2.46. The Labute approximate surface area is 138 Å². The number of benzene rings is 2. The molecule has 0 aliphatic rings. The molecule has 0 bridgehead atoms. The molecule has 0 aliphatic carbocycles. The van der Waals surface area contributed by atoms with Gasteiger partial charge < -0.3 is 0 Å². The van der Waals surface area contributed by atoms with Gasteiger partial charge in [-0.3, -0.25) is 4.98 Å². The van der Waals surface area contributed by atoms with Crippen LogP contribution >= 0.6 is 34.8 Å². The zero-order valence-electron chi connectivity index (χ0n) is 11.1. The number of fused-ring (bicyclic) bond motifs is 1. The van der Waals surface area contributed by atoms with E-state index in [2.05, 4.69) is 11.1 Å². The van der Waals surface area contributed by atoms with Gasteiger partial charge in [-0.2, -0.15) is 0 Å². The van der Waals surface area contributed by atoms with E-state index in [1.54, 1.807) is 6.07 Å². The van der Waals surface area contributed by atoms with Crippen molar-refractivity contribution in [2.75, 3.05) is 0 Å². The van der Waals surface area contributed by atoms with Crippen LogP contribution in [0.3, 0.4) is 0 Å². The maximum absolute atomic E-state index is 6.48. The van der Waals surface area contributed by atoms with Crippen LogP contribution < -0.4 is 0 Å². The summed E-state index contributed by atoms with van der Waals surface area (Å²) >= 11 is 18.5. The smallest absolute Gasteiger partial charge is 0.0705 e. The molecule has 1 atom stereocenters. The minimum atomic E-state index is -0.213. The van der Waals surface area contributed by atoms with Crippen molar-refractivity contribution in [3.05, 3.63) is 75.9 Å². The average molecular weight is 337 g/mol. The van der Waals surface area contributed by atoms with Crippen LogP contribution in [0.1, 0.15) is 16.6 Å². The summed E-state index contributed by atoms with van der Waals surface area (Å²) in [5, 5.41) is 2.09. The number of alkyl halides is 1. The predicted molar refractivity (Wildman–Crippen MR) is 90.5 cm³/mol. The van der Waals surface area contributed by atoms with Crippen molar-refractivity contribution in [1.29, 1.82) is 0 Å². The maximum Gasteiger partial charge on any atom is 0.0705 e. The molecule has 0 saturated heterocycles. The molecule has 1 nitrogen and oxygen atoms in total. The fourth-order valence-corrected chi connectivity index (χ4v) is 3.11. The molecule has 1 aromatic heterocycles. The Morgan fingerprint density at radius 2 is 1.62 bits per heavy atom. The molecule has 0 spiro atoms. The summed E-state index contributed by atoms with van der Waals surface area (Å²) in [4.78, 5) is 4.64. The molecule has 3 rings (SSSR count). The Morgan fingerprint density at radius 3 is 2.38 bits per heavy atom. The molecule has 0 radical (unpaired) electrons. The SMILES string of the molecule is Clc1cc(Cl)cc(C(Cl)Cc2ccc3ccccc3n2)c1. The van der Waals surface area contributed by atoms with Crippen LogP contribution in [0.5, 0.6) is 0 Å². The summed E-state index contributed by atoms with van der Waals surface area (Å²) in [6, 6.07) is 17.5. The number of hydrogen-bond acceptors (Lipinski definition) is 1. The zero-order valence-corrected chi connectivity index (χ0v) is 13.3. The topological polar surface area (TPSA) is 12.9 Å². The minimum Gasteiger partial charge on any atom is -0.253 e. The van der Waals surface area contributed by atoms with Crippen LogP contribution in [0.2, 0.25) is 10.0 Å². The van der Waals surface area contributed by atoms with Crippen LogP contribution in [0.4, 0.5) is 0 Å². The quantitative estimate of drug-likeness (QED) is 0.529. The van der Waals surface area contributed by atoms with E-state index in [-0.39, 0.29) is 5.38 Å². The number of hydrogen-bond donors (Lipinski definition) is 0. The first kappa shape index (κ1) is 14.6. The normalized spacial score (nSPS) is 12.5. The molecule has 3 aromatic rings. The molecule has 0 amide bonds. The van der Waals surface area contributed by atoms with E-state index in [9.17, 15) is 0 Å². The van der Waals surface area contributed by atoms with Crippen molar-refractivity contribution >= 4 is 45.7 Å². The van der Waals surface area contributed by atoms with Gasteiger partial charge in [0.25, 0.3) is 0 Å². The highest BCUT2D eigenvalue weighted by molar-refractivity contribution is 6.35. The summed E-state index contributed by atoms with van der Waals surface area (Å²) in [5.41, 5.74) is 2.83. The van der Waals surface area contributed by atoms with Gasteiger partial charge in [-0.25, -0.2) is 0 Å². The summed E-state index contributed by atoms with van der Waals surface area (Å²) in [6.07, 6.45) is 0.628. The monoisotopic (exact) mass is 335 g/mol. The molecule has 0 N–H and O–H groups in total. The van der Waals surface area contributed by atoms with E-state index in [0.29, 0.717) is 16.5 Å². The first-order valence-electron chi connectivity index (χ1n) is 6.56. The van der Waals surface area contributed by atoms with Gasteiger partial charge in [0.15, 0.2) is 0 Å². The summed E-state index contributed by atoms with van der Waals surface area (Å²) in [5.74, 6) is 0. The highest BCUT2D eigenvalue weighted by Crippen LogP contribution is 2.30. The molecule has 4 heteroatoms. The third-order valence-corrected chi connectivity index (χ3v) is 4.13. The van der Waals surface area contributed by atoms with Gasteiger partial charge in [0.05, 0.1) is 10.9 Å². The van der Waals surface area contributed by atoms with E-state index in [4.69, 9.17) is 34.8 Å². The molecule has 0 saturated carbocycles. The van der Waals surface area contributed by atoms with E-state index >= 15 is 0 Å². The van der Waals surface area contributed by atoms with Gasteiger partial charge in [-0.05, 0) is 35.9 Å². The van der Waals surface area contributed by atoms with Gasteiger partial charge in [0.2, 0.25) is 0 Å². The van der Waals surface area contributed by atoms with Gasteiger partial charge >= 0.3 is 0 Å². The molecule has 106 valence electrons. The fraction of sp³-hybridized carbons (Fsp3) is 0.118. The van der Waals surface area contributed by atoms with E-state index in [1.165, 1.54) is 0 Å². The zero-order chi connectivity index (χ0) is 14.8. The summed E-state index contributed by atoms with van der Waals surface area (Å²) in [7, 11) is 0. The van der Waals surface area contributed by atoms with Crippen LogP contribution in [-0.2, 0) is 6.42 Å². The van der Waals surface area contributed by atoms with Gasteiger partial charge in [0, 0.05) is 27.5 Å². The van der Waals surface area contributed by atoms with Crippen molar-refractivity contribution in [3.8, 4) is 0 Å². The molecule has 1 heterocycles. The lowest BCUT2D eigenvalue weighted by Crippen LogP contribution is -1.98. The Hall–Kier alpha value is -1.28. The van der Waals surface area contributed by atoms with Gasteiger partial charge in [-0.15, -0.1) is 11.6 Å². The molecular weight excluding hydrogens is 325 g/mol. The molecule has 1 unspecified atom stereocenters. The second-order valence-corrected chi connectivity index (χ2v) is 6.27. The first-order valence-corrected chi connectivity index (χ1v) is 7.76. The first-order chi connectivity index (χ1) is 10.1. The van der Waals surface area contributed by atoms with Crippen molar-refractivity contribution in [3.63, 3.8) is 0 Å². The number of rotatable bonds is 3. The van der Waals surface area contributed by atoms with Crippen LogP contribution in [-0.4, -0.2) is 4.98 Å². The van der Waals surface area contributed by atoms with E-state index < -0.39 is 0 Å². The Kier molecular flexibility index (Phi) is 4.34. The molecule has 0 aliphatic heterocycles. The van der Waals surface area contributed by atoms with Crippen LogP contribution in [0, 0.1) is 0 Å². The number of pyridine rings is 1. The lowest BCUT2D eigenvalue weighted by molar-refractivity contribution is 0.888. The minimum absolute atomic E-state index is 0.213. The highest BCUT2D eigenvalue weighted by atomic mass is 35.5. The van der Waals surface area contributed by atoms with Crippen molar-refractivity contribution in [2.24, 2.45) is 0 Å². The number of para-hydroxylation sites is 1. The number of nitrogens with zero attached hydrogens (tertiary/aromatic N) is 1. The summed E-state index contributed by atoms with van der Waals surface area (Å²) in [6.45, 7) is 0. The largest absolute Gasteiger partial charge is 0.253 e. The highest BCUT2D eigenvalue weighted by Gasteiger charge is 2.12. The third-order valence-electron chi connectivity index (χ3n) is 3.29. The lowest BCUT2D eigenvalue weighted by atomic mass is 10.1. The second-order valence-electron chi connectivity index (χ2n) is 4.87. The molecular formula is C17H12Cl3N. The Balaban J connectivity index is 1.86. The Morgan fingerprint density at radius 1 is 0.905 bits per heavy atom. The molecule has 21 heavy (non-hydrogen) atoms. The molecule has 2 aromatic carbocycles. The second kappa shape index (κ2) is 6.23. The maximum atomic E-state index is 6.48. The Bertz CT molecular complexity index is 766. The standard InChI is InChI=1S/C17H12Cl3N/c18-13-7-12(8-14(19)9-13)16(20)10-15-6-5-11-3-1-2-4-17(11)21-15/h1-9,16H,10H2. The van der Waals surface area contributed by atoms with Gasteiger partial charge in [-0.1, -0.05) is 47.5 Å². The van der Waals surface area contributed by atoms with Crippen molar-refractivity contribution in [1.82, 2.24) is 4.98 Å². The summed E-state index contributed by atoms with van der Waals surface area (Å²) < 4.78 is 0. The van der Waals surface area contributed by atoms with Crippen molar-refractivity contribution in [2.45, 2.75) is 11.8 Å². The van der Waals surface area contributed by atoms with Gasteiger partial charge in [0.1, 0.15) is 0 Å². The number of aromatic nitrogens is 1. The van der Waals surface area contributed by atoms with E-state index in [0.717, 1.165) is 22.2 Å². The third kappa shape index (κ3) is 3.49. The lowest BCUT2D eigenvalue weighted by Gasteiger charge is -2.11. The number of halogens is 3. The fourth-order valence-electron chi connectivity index (χ4n) is 2.28. The predicted octanol–water partition coefficient (Wildman–Crippen LogP) is 6.06. The van der Waals surface area contributed by atoms with Crippen LogP contribution in [0.15, 0.2) is 54.6 Å². The van der Waals surface area contributed by atoms with E-state index in [1.807, 2.05) is 42.5 Å².